The number of nitrogens with zero attached hydrogens (tertiary/aromatic N) is 1. The summed E-state index contributed by atoms with van der Waals surface area (Å²) in [4.78, 5) is 19.9. The molecule has 1 aromatic heterocycles. The molecule has 3 aliphatic heterocycles. The van der Waals surface area contributed by atoms with E-state index in [-0.39, 0.29) is 18.8 Å². The average Bonchev–Trinajstić information content (AvgIpc) is 3.19. The number of H-pyrrole nitrogens is 1. The van der Waals surface area contributed by atoms with E-state index in [9.17, 15) is 4.79 Å². The van der Waals surface area contributed by atoms with E-state index in [2.05, 4.69) is 22.0 Å². The van der Waals surface area contributed by atoms with E-state index < -0.39 is 5.41 Å². The van der Waals surface area contributed by atoms with Crippen LogP contribution in [0.4, 0.5) is 0 Å². The number of carbonyl (C=O) groups is 1. The highest BCUT2D eigenvalue weighted by Gasteiger charge is 2.62. The number of nitrogens with one attached hydrogen (secondary N) is 1. The van der Waals surface area contributed by atoms with Crippen LogP contribution >= 0.6 is 0 Å². The van der Waals surface area contributed by atoms with Crippen LogP contribution in [0.15, 0.2) is 18.2 Å². The highest BCUT2D eigenvalue weighted by Crippen LogP contribution is 2.55. The molecule has 0 spiro atoms. The maximum atomic E-state index is 13.7. The molecular weight excluding hydrogens is 436 g/mol. The summed E-state index contributed by atoms with van der Waals surface area (Å²) in [5.41, 5.74) is 2.65. The van der Waals surface area contributed by atoms with E-state index >= 15 is 0 Å². The summed E-state index contributed by atoms with van der Waals surface area (Å²) in [6.07, 6.45) is 3.75. The van der Waals surface area contributed by atoms with E-state index in [0.29, 0.717) is 31.7 Å². The van der Waals surface area contributed by atoms with Crippen LogP contribution in [0.3, 0.4) is 0 Å². The summed E-state index contributed by atoms with van der Waals surface area (Å²) in [6.45, 7) is 3.95. The lowest BCUT2D eigenvalue weighted by Crippen LogP contribution is -2.67. The molecule has 1 aliphatic carbocycles. The number of piperidine rings is 2. The Morgan fingerprint density at radius 1 is 1.18 bits per heavy atom. The summed E-state index contributed by atoms with van der Waals surface area (Å²) < 4.78 is 27.2. The van der Waals surface area contributed by atoms with Gasteiger partial charge in [0, 0.05) is 49.4 Å². The summed E-state index contributed by atoms with van der Waals surface area (Å²) in [5.74, 6) is 1.53. The van der Waals surface area contributed by atoms with Gasteiger partial charge in [-0.05, 0) is 61.3 Å². The minimum absolute atomic E-state index is 0.0965. The van der Waals surface area contributed by atoms with Gasteiger partial charge >= 0.3 is 5.97 Å². The summed E-state index contributed by atoms with van der Waals surface area (Å²) >= 11 is 0. The van der Waals surface area contributed by atoms with Gasteiger partial charge in [-0.25, -0.2) is 0 Å². The van der Waals surface area contributed by atoms with Gasteiger partial charge in [0.15, 0.2) is 0 Å². The molecule has 1 aromatic carbocycles. The van der Waals surface area contributed by atoms with Crippen molar-refractivity contribution in [3.05, 3.63) is 29.5 Å². The fourth-order valence-corrected chi connectivity index (χ4v) is 6.86. The van der Waals surface area contributed by atoms with Gasteiger partial charge in [-0.3, -0.25) is 9.69 Å². The number of benzene rings is 1. The normalized spacial score (nSPS) is 29.6. The van der Waals surface area contributed by atoms with Gasteiger partial charge in [-0.15, -0.1) is 0 Å². The molecule has 1 saturated carbocycles. The molecule has 3 fully saturated rings. The third kappa shape index (κ3) is 3.90. The van der Waals surface area contributed by atoms with Crippen LogP contribution in [0.2, 0.25) is 0 Å². The highest BCUT2D eigenvalue weighted by atomic mass is 16.7. The zero-order valence-corrected chi connectivity index (χ0v) is 20.4. The number of rotatable bonds is 10. The monoisotopic (exact) mass is 472 g/mol. The van der Waals surface area contributed by atoms with Crippen molar-refractivity contribution in [1.82, 2.24) is 9.88 Å². The first kappa shape index (κ1) is 23.6. The Bertz CT molecular complexity index is 1020. The van der Waals surface area contributed by atoms with Crippen LogP contribution in [0, 0.1) is 11.8 Å². The van der Waals surface area contributed by atoms with Gasteiger partial charge in [0.2, 0.25) is 0 Å². The Balaban J connectivity index is 1.46. The van der Waals surface area contributed by atoms with Crippen molar-refractivity contribution < 1.29 is 28.5 Å². The molecule has 4 heterocycles. The van der Waals surface area contributed by atoms with Crippen molar-refractivity contribution in [2.24, 2.45) is 11.8 Å². The second-order valence-corrected chi connectivity index (χ2v) is 9.82. The number of ether oxygens (including phenoxy) is 5. The number of aromatic amines is 1. The Hall–Kier alpha value is -2.13. The van der Waals surface area contributed by atoms with Crippen LogP contribution in [0.1, 0.15) is 30.5 Å². The second-order valence-electron chi connectivity index (χ2n) is 9.82. The summed E-state index contributed by atoms with van der Waals surface area (Å²) in [6, 6.07) is 6.21. The van der Waals surface area contributed by atoms with Gasteiger partial charge < -0.3 is 28.7 Å². The SMILES string of the molecule is COCCOCOCCC1C[C@@H]2CN3CCc4c([nH]c5ccc(OC)cc45)[C@](C(=O)OC)(C2)[C@H]13. The third-order valence-electron chi connectivity index (χ3n) is 8.07. The van der Waals surface area contributed by atoms with Gasteiger partial charge in [-0.2, -0.15) is 0 Å². The predicted octanol–water partition coefficient (Wildman–Crippen LogP) is 2.88. The molecule has 5 atom stereocenters. The molecular formula is C26H36N2O6. The van der Waals surface area contributed by atoms with Gasteiger partial charge in [0.05, 0.1) is 27.4 Å². The van der Waals surface area contributed by atoms with Crippen molar-refractivity contribution in [2.45, 2.75) is 37.1 Å². The quantitative estimate of drug-likeness (QED) is 0.323. The van der Waals surface area contributed by atoms with Crippen molar-refractivity contribution in [1.29, 1.82) is 0 Å². The van der Waals surface area contributed by atoms with Crippen molar-refractivity contribution in [2.75, 3.05) is 61.0 Å². The van der Waals surface area contributed by atoms with Gasteiger partial charge in [-0.1, -0.05) is 0 Å². The number of hydrogen-bond donors (Lipinski definition) is 1. The molecule has 8 nitrogen and oxygen atoms in total. The van der Waals surface area contributed by atoms with Crippen LogP contribution in [-0.4, -0.2) is 82.9 Å². The molecule has 2 saturated heterocycles. The first-order valence-corrected chi connectivity index (χ1v) is 12.3. The van der Waals surface area contributed by atoms with E-state index in [4.69, 9.17) is 23.7 Å². The van der Waals surface area contributed by atoms with Crippen molar-refractivity contribution in [3.63, 3.8) is 0 Å². The minimum atomic E-state index is -0.687. The van der Waals surface area contributed by atoms with Crippen molar-refractivity contribution >= 4 is 16.9 Å². The number of hydrogen-bond acceptors (Lipinski definition) is 7. The summed E-state index contributed by atoms with van der Waals surface area (Å²) in [5, 5.41) is 1.15. The largest absolute Gasteiger partial charge is 0.497 e. The highest BCUT2D eigenvalue weighted by molar-refractivity contribution is 5.92. The Morgan fingerprint density at radius 3 is 2.82 bits per heavy atom. The Morgan fingerprint density at radius 2 is 2.03 bits per heavy atom. The van der Waals surface area contributed by atoms with Gasteiger partial charge in [0.1, 0.15) is 18.0 Å². The Kier molecular flexibility index (Phi) is 6.84. The summed E-state index contributed by atoms with van der Waals surface area (Å²) in [7, 11) is 4.87. The fourth-order valence-electron chi connectivity index (χ4n) is 6.86. The van der Waals surface area contributed by atoms with Crippen LogP contribution in [0.5, 0.6) is 5.75 Å². The Labute approximate surface area is 200 Å². The maximum Gasteiger partial charge on any atom is 0.319 e. The zero-order valence-electron chi connectivity index (χ0n) is 20.4. The van der Waals surface area contributed by atoms with E-state index in [0.717, 1.165) is 61.1 Å². The molecule has 0 amide bonds. The lowest BCUT2D eigenvalue weighted by molar-refractivity contribution is -0.163. The molecule has 2 unspecified atom stereocenters. The molecule has 4 bridgehead atoms. The molecule has 8 heteroatoms. The molecule has 6 rings (SSSR count). The molecule has 0 radical (unpaired) electrons. The number of esters is 1. The second kappa shape index (κ2) is 9.85. The van der Waals surface area contributed by atoms with Gasteiger partial charge in [0.25, 0.3) is 0 Å². The number of methoxy groups -OCH3 is 3. The first-order chi connectivity index (χ1) is 16.6. The lowest BCUT2D eigenvalue weighted by Gasteiger charge is -2.58. The third-order valence-corrected chi connectivity index (χ3v) is 8.07. The van der Waals surface area contributed by atoms with Crippen LogP contribution in [-0.2, 0) is 35.6 Å². The molecule has 186 valence electrons. The van der Waals surface area contributed by atoms with Crippen molar-refractivity contribution in [3.8, 4) is 5.75 Å². The predicted molar refractivity (Wildman–Crippen MR) is 127 cm³/mol. The maximum absolute atomic E-state index is 13.7. The molecule has 1 N–H and O–H groups in total. The first-order valence-electron chi connectivity index (χ1n) is 12.3. The molecule has 34 heavy (non-hydrogen) atoms. The number of fused-ring (bicyclic) bond motifs is 4. The molecule has 2 aromatic rings. The van der Waals surface area contributed by atoms with E-state index in [1.807, 2.05) is 6.07 Å². The standard InChI is InChI=1S/C26H36N2O6/c1-30-10-11-34-16-33-9-7-18-12-17-14-26(25(29)32-3)23-20(6-8-28(15-17)24(18)26)21-13-19(31-2)4-5-22(21)27-23/h4-5,13,17-18,24,27H,6-12,14-16H2,1-3H3/t17-,18?,24-,26+/m0/s1. The lowest BCUT2D eigenvalue weighted by atomic mass is 9.56. The van der Waals surface area contributed by atoms with Crippen LogP contribution in [0.25, 0.3) is 10.9 Å². The minimum Gasteiger partial charge on any atom is -0.497 e. The number of carbonyl (C=O) groups excluding carboxylic acids is 1. The number of aromatic nitrogens is 1. The fraction of sp³-hybridized carbons (Fsp3) is 0.654. The smallest absolute Gasteiger partial charge is 0.319 e. The average molecular weight is 473 g/mol. The topological polar surface area (TPSA) is 82.3 Å². The van der Waals surface area contributed by atoms with Crippen LogP contribution < -0.4 is 4.74 Å². The molecule has 4 aliphatic rings. The van der Waals surface area contributed by atoms with E-state index in [1.54, 1.807) is 14.2 Å². The van der Waals surface area contributed by atoms with E-state index in [1.165, 1.54) is 12.7 Å². The zero-order chi connectivity index (χ0) is 23.7.